The molecule has 3 rings (SSSR count). The minimum Gasteiger partial charge on any atom is -0.465 e. The van der Waals surface area contributed by atoms with E-state index in [1.54, 1.807) is 4.90 Å². The Morgan fingerprint density at radius 3 is 2.54 bits per heavy atom. The monoisotopic (exact) mass is 417 g/mol. The highest BCUT2D eigenvalue weighted by Gasteiger charge is 2.36. The predicted octanol–water partition coefficient (Wildman–Crippen LogP) is 3.19. The van der Waals surface area contributed by atoms with E-state index in [2.05, 4.69) is 20.7 Å². The highest BCUT2D eigenvalue weighted by molar-refractivity contribution is 9.10. The van der Waals surface area contributed by atoms with Gasteiger partial charge < -0.3 is 14.4 Å². The number of hydrogen-bond acceptors (Lipinski definition) is 5. The fraction of sp³-hybridized carbons (Fsp3) is 0.211. The molecule has 134 valence electrons. The second-order valence-corrected chi connectivity index (χ2v) is 6.74. The van der Waals surface area contributed by atoms with Gasteiger partial charge in [-0.25, -0.2) is 4.79 Å². The summed E-state index contributed by atoms with van der Waals surface area (Å²) in [6, 6.07) is 13.4. The SMILES string of the molecule is COC(=O)c1ccc(OC(=O)C2CC(=O)N(c3cccc(Br)c3)C2)cc1. The number of anilines is 1. The molecule has 0 bridgehead atoms. The van der Waals surface area contributed by atoms with Crippen molar-refractivity contribution in [1.29, 1.82) is 0 Å². The van der Waals surface area contributed by atoms with Crippen LogP contribution in [0.1, 0.15) is 16.8 Å². The zero-order valence-electron chi connectivity index (χ0n) is 14.0. The molecule has 2 aromatic carbocycles. The molecular formula is C19H16BrNO5. The van der Waals surface area contributed by atoms with Crippen molar-refractivity contribution in [1.82, 2.24) is 0 Å². The summed E-state index contributed by atoms with van der Waals surface area (Å²) in [4.78, 5) is 37.6. The first-order chi connectivity index (χ1) is 12.5. The van der Waals surface area contributed by atoms with Crippen LogP contribution in [0.5, 0.6) is 5.75 Å². The number of methoxy groups -OCH3 is 1. The molecule has 0 spiro atoms. The highest BCUT2D eigenvalue weighted by Crippen LogP contribution is 2.28. The van der Waals surface area contributed by atoms with Crippen LogP contribution in [0.4, 0.5) is 5.69 Å². The maximum absolute atomic E-state index is 12.4. The number of benzene rings is 2. The number of nitrogens with zero attached hydrogens (tertiary/aromatic N) is 1. The molecule has 0 saturated carbocycles. The fourth-order valence-corrected chi connectivity index (χ4v) is 3.12. The Balaban J connectivity index is 1.65. The van der Waals surface area contributed by atoms with E-state index in [1.165, 1.54) is 31.4 Å². The van der Waals surface area contributed by atoms with Crippen molar-refractivity contribution < 1.29 is 23.9 Å². The molecule has 1 amide bonds. The van der Waals surface area contributed by atoms with E-state index in [0.29, 0.717) is 11.3 Å². The van der Waals surface area contributed by atoms with E-state index < -0.39 is 17.9 Å². The standard InChI is InChI=1S/C19H16BrNO5/c1-25-18(23)12-5-7-16(8-6-12)26-19(24)13-9-17(22)21(11-13)15-4-2-3-14(20)10-15/h2-8,10,13H,9,11H2,1H3. The van der Waals surface area contributed by atoms with Crippen LogP contribution in [0.3, 0.4) is 0 Å². The third kappa shape index (κ3) is 3.94. The van der Waals surface area contributed by atoms with Gasteiger partial charge in [-0.2, -0.15) is 0 Å². The third-order valence-electron chi connectivity index (χ3n) is 4.07. The molecule has 0 aromatic heterocycles. The summed E-state index contributed by atoms with van der Waals surface area (Å²) < 4.78 is 10.8. The molecule has 0 radical (unpaired) electrons. The Hall–Kier alpha value is -2.67. The molecule has 1 atom stereocenters. The van der Waals surface area contributed by atoms with Crippen LogP contribution < -0.4 is 9.64 Å². The minimum atomic E-state index is -0.540. The number of carbonyl (C=O) groups excluding carboxylic acids is 3. The number of halogens is 1. The van der Waals surface area contributed by atoms with Crippen molar-refractivity contribution in [2.75, 3.05) is 18.6 Å². The van der Waals surface area contributed by atoms with Crippen LogP contribution in [0.15, 0.2) is 53.0 Å². The molecule has 1 saturated heterocycles. The lowest BCUT2D eigenvalue weighted by Gasteiger charge is -2.16. The number of carbonyl (C=O) groups is 3. The van der Waals surface area contributed by atoms with Gasteiger partial charge in [-0.3, -0.25) is 9.59 Å². The first-order valence-corrected chi connectivity index (χ1v) is 8.73. The normalized spacial score (nSPS) is 16.5. The molecule has 7 heteroatoms. The summed E-state index contributed by atoms with van der Waals surface area (Å²) in [6.45, 7) is 0.272. The van der Waals surface area contributed by atoms with E-state index >= 15 is 0 Å². The molecule has 0 aliphatic carbocycles. The number of amides is 1. The first kappa shape index (κ1) is 18.1. The molecule has 1 aliphatic rings. The van der Waals surface area contributed by atoms with Crippen LogP contribution in [-0.4, -0.2) is 31.5 Å². The number of ether oxygens (including phenoxy) is 2. The number of rotatable bonds is 4. The molecule has 0 N–H and O–H groups in total. The summed E-state index contributed by atoms with van der Waals surface area (Å²) in [5.41, 5.74) is 1.10. The molecular weight excluding hydrogens is 402 g/mol. The molecule has 1 heterocycles. The Morgan fingerprint density at radius 1 is 1.15 bits per heavy atom. The van der Waals surface area contributed by atoms with Crippen LogP contribution >= 0.6 is 15.9 Å². The summed E-state index contributed by atoms with van der Waals surface area (Å²) in [5.74, 6) is -1.28. The maximum Gasteiger partial charge on any atom is 0.337 e. The third-order valence-corrected chi connectivity index (χ3v) is 4.57. The average Bonchev–Trinajstić information content (AvgIpc) is 3.03. The van der Waals surface area contributed by atoms with Crippen molar-refractivity contribution in [3.05, 3.63) is 58.6 Å². The zero-order valence-corrected chi connectivity index (χ0v) is 15.6. The van der Waals surface area contributed by atoms with Gasteiger partial charge in [0.15, 0.2) is 0 Å². The molecule has 1 aliphatic heterocycles. The second kappa shape index (κ2) is 7.70. The molecule has 2 aromatic rings. The quantitative estimate of drug-likeness (QED) is 0.564. The highest BCUT2D eigenvalue weighted by atomic mass is 79.9. The van der Waals surface area contributed by atoms with Gasteiger partial charge in [-0.15, -0.1) is 0 Å². The van der Waals surface area contributed by atoms with Gasteiger partial charge in [0.25, 0.3) is 0 Å². The van der Waals surface area contributed by atoms with Crippen LogP contribution in [0.25, 0.3) is 0 Å². The first-order valence-electron chi connectivity index (χ1n) is 7.94. The lowest BCUT2D eigenvalue weighted by atomic mass is 10.1. The van der Waals surface area contributed by atoms with Gasteiger partial charge in [0.2, 0.25) is 5.91 Å². The minimum absolute atomic E-state index is 0.103. The van der Waals surface area contributed by atoms with E-state index in [0.717, 1.165) is 10.2 Å². The van der Waals surface area contributed by atoms with Gasteiger partial charge in [-0.05, 0) is 42.5 Å². The lowest BCUT2D eigenvalue weighted by molar-refractivity contribution is -0.139. The Bertz CT molecular complexity index is 849. The van der Waals surface area contributed by atoms with Gasteiger partial charge in [0, 0.05) is 23.1 Å². The van der Waals surface area contributed by atoms with Crippen molar-refractivity contribution in [2.45, 2.75) is 6.42 Å². The van der Waals surface area contributed by atoms with Gasteiger partial charge in [0.1, 0.15) is 5.75 Å². The Labute approximate surface area is 158 Å². The second-order valence-electron chi connectivity index (χ2n) is 5.82. The summed E-state index contributed by atoms with van der Waals surface area (Å²) in [5, 5.41) is 0. The zero-order chi connectivity index (χ0) is 18.7. The van der Waals surface area contributed by atoms with Crippen LogP contribution in [-0.2, 0) is 14.3 Å². The predicted molar refractivity (Wildman–Crippen MR) is 98.0 cm³/mol. The Morgan fingerprint density at radius 2 is 1.88 bits per heavy atom. The largest absolute Gasteiger partial charge is 0.465 e. The number of hydrogen-bond donors (Lipinski definition) is 0. The topological polar surface area (TPSA) is 72.9 Å². The van der Waals surface area contributed by atoms with Crippen molar-refractivity contribution in [2.24, 2.45) is 5.92 Å². The maximum atomic E-state index is 12.4. The molecule has 6 nitrogen and oxygen atoms in total. The van der Waals surface area contributed by atoms with Crippen molar-refractivity contribution >= 4 is 39.5 Å². The smallest absolute Gasteiger partial charge is 0.337 e. The summed E-state index contributed by atoms with van der Waals surface area (Å²) >= 11 is 3.38. The molecule has 1 unspecified atom stereocenters. The average molecular weight is 418 g/mol. The lowest BCUT2D eigenvalue weighted by Crippen LogP contribution is -2.27. The van der Waals surface area contributed by atoms with E-state index in [4.69, 9.17) is 4.74 Å². The van der Waals surface area contributed by atoms with Crippen LogP contribution in [0, 0.1) is 5.92 Å². The van der Waals surface area contributed by atoms with Gasteiger partial charge in [0.05, 0.1) is 18.6 Å². The number of esters is 2. The van der Waals surface area contributed by atoms with Gasteiger partial charge in [-0.1, -0.05) is 22.0 Å². The van der Waals surface area contributed by atoms with E-state index in [-0.39, 0.29) is 18.9 Å². The van der Waals surface area contributed by atoms with Gasteiger partial charge >= 0.3 is 11.9 Å². The Kier molecular flexibility index (Phi) is 5.37. The van der Waals surface area contributed by atoms with E-state index in [1.807, 2.05) is 24.3 Å². The van der Waals surface area contributed by atoms with E-state index in [9.17, 15) is 14.4 Å². The molecule has 26 heavy (non-hydrogen) atoms. The summed E-state index contributed by atoms with van der Waals surface area (Å²) in [6.07, 6.45) is 0.103. The summed E-state index contributed by atoms with van der Waals surface area (Å²) in [7, 11) is 1.30. The molecule has 1 fully saturated rings. The van der Waals surface area contributed by atoms with Crippen LogP contribution in [0.2, 0.25) is 0 Å². The van der Waals surface area contributed by atoms with Crippen molar-refractivity contribution in [3.63, 3.8) is 0 Å². The van der Waals surface area contributed by atoms with Crippen molar-refractivity contribution in [3.8, 4) is 5.75 Å². The fourth-order valence-electron chi connectivity index (χ4n) is 2.74.